The molecule has 6 aromatic rings. The average Bonchev–Trinajstić information content (AvgIpc) is 3.24. The molecule has 0 amide bonds. The van der Waals surface area contributed by atoms with Gasteiger partial charge >= 0.3 is 0 Å². The van der Waals surface area contributed by atoms with Crippen LogP contribution in [0.2, 0.25) is 0 Å². The number of aryl methyl sites for hydroxylation is 1. The van der Waals surface area contributed by atoms with Gasteiger partial charge in [-0.25, -0.2) is 4.39 Å². The SMILES string of the molecule is Cn1c(C[P+](c2ccccc2)(c2ccccc2)c2ccccc2)c(-c2ccc(F)cc2)c2ccccc21. The van der Waals surface area contributed by atoms with Crippen molar-refractivity contribution in [3.8, 4) is 11.1 Å². The van der Waals surface area contributed by atoms with Crippen molar-refractivity contribution in [2.24, 2.45) is 7.05 Å². The van der Waals surface area contributed by atoms with Gasteiger partial charge in [0.05, 0.1) is 5.69 Å². The Labute approximate surface area is 218 Å². The third-order valence-corrected chi connectivity index (χ3v) is 11.7. The fraction of sp³-hybridized carbons (Fsp3) is 0.0588. The molecule has 0 aliphatic heterocycles. The van der Waals surface area contributed by atoms with Gasteiger partial charge in [-0.15, -0.1) is 0 Å². The van der Waals surface area contributed by atoms with Gasteiger partial charge in [0.1, 0.15) is 35.2 Å². The highest BCUT2D eigenvalue weighted by Crippen LogP contribution is 2.59. The van der Waals surface area contributed by atoms with Gasteiger partial charge in [0.25, 0.3) is 0 Å². The van der Waals surface area contributed by atoms with Crippen LogP contribution in [0.15, 0.2) is 140 Å². The lowest BCUT2D eigenvalue weighted by Gasteiger charge is -2.28. The molecule has 0 radical (unpaired) electrons. The second kappa shape index (κ2) is 9.81. The molecule has 0 saturated carbocycles. The molecule has 1 aromatic heterocycles. The molecule has 0 atom stereocenters. The number of nitrogens with zero attached hydrogens (tertiary/aromatic N) is 1. The highest BCUT2D eigenvalue weighted by Gasteiger charge is 2.46. The van der Waals surface area contributed by atoms with E-state index < -0.39 is 7.26 Å². The van der Waals surface area contributed by atoms with E-state index in [-0.39, 0.29) is 5.82 Å². The van der Waals surface area contributed by atoms with Crippen molar-refractivity contribution in [1.29, 1.82) is 0 Å². The van der Waals surface area contributed by atoms with E-state index in [0.29, 0.717) is 0 Å². The fourth-order valence-electron chi connectivity index (χ4n) is 5.56. The van der Waals surface area contributed by atoms with Crippen LogP contribution in [0.3, 0.4) is 0 Å². The first kappa shape index (κ1) is 23.4. The van der Waals surface area contributed by atoms with Gasteiger partial charge in [-0.1, -0.05) is 84.9 Å². The Morgan fingerprint density at radius 3 is 1.54 bits per heavy atom. The molecule has 0 unspecified atom stereocenters. The summed E-state index contributed by atoms with van der Waals surface area (Å²) >= 11 is 0. The molecular weight excluding hydrogens is 472 g/mol. The average molecular weight is 501 g/mol. The monoisotopic (exact) mass is 500 g/mol. The highest BCUT2D eigenvalue weighted by atomic mass is 31.2. The molecule has 0 fully saturated rings. The van der Waals surface area contributed by atoms with Gasteiger partial charge in [0.2, 0.25) is 0 Å². The maximum atomic E-state index is 14.0. The van der Waals surface area contributed by atoms with E-state index in [1.54, 1.807) is 12.1 Å². The van der Waals surface area contributed by atoms with Gasteiger partial charge in [0.15, 0.2) is 0 Å². The zero-order valence-electron chi connectivity index (χ0n) is 20.8. The molecule has 0 bridgehead atoms. The lowest BCUT2D eigenvalue weighted by Crippen LogP contribution is -2.33. The van der Waals surface area contributed by atoms with Gasteiger partial charge in [-0.05, 0) is 60.2 Å². The van der Waals surface area contributed by atoms with E-state index >= 15 is 0 Å². The molecule has 0 N–H and O–H groups in total. The number of halogens is 1. The summed E-state index contributed by atoms with van der Waals surface area (Å²) in [6, 6.07) is 48.4. The summed E-state index contributed by atoms with van der Waals surface area (Å²) in [5, 5.41) is 5.24. The smallest absolute Gasteiger partial charge is 0.123 e. The number of para-hydroxylation sites is 1. The van der Waals surface area contributed by atoms with Crippen LogP contribution >= 0.6 is 7.26 Å². The third kappa shape index (κ3) is 4.08. The molecule has 3 heteroatoms. The van der Waals surface area contributed by atoms with Crippen molar-refractivity contribution in [3.63, 3.8) is 0 Å². The highest BCUT2D eigenvalue weighted by molar-refractivity contribution is 7.95. The van der Waals surface area contributed by atoms with Crippen molar-refractivity contribution in [3.05, 3.63) is 151 Å². The Kier molecular flexibility index (Phi) is 6.20. The first-order valence-electron chi connectivity index (χ1n) is 12.6. The zero-order valence-corrected chi connectivity index (χ0v) is 21.7. The van der Waals surface area contributed by atoms with Crippen LogP contribution < -0.4 is 15.9 Å². The zero-order chi connectivity index (χ0) is 25.2. The molecule has 0 spiro atoms. The van der Waals surface area contributed by atoms with Crippen LogP contribution in [0.5, 0.6) is 0 Å². The molecule has 0 aliphatic rings. The Morgan fingerprint density at radius 1 is 0.568 bits per heavy atom. The summed E-state index contributed by atoms with van der Waals surface area (Å²) in [7, 11) is 0.0578. The predicted molar refractivity (Wildman–Crippen MR) is 157 cm³/mol. The van der Waals surface area contributed by atoms with Crippen molar-refractivity contribution >= 4 is 34.1 Å². The van der Waals surface area contributed by atoms with E-state index in [1.165, 1.54) is 38.1 Å². The quantitative estimate of drug-likeness (QED) is 0.209. The van der Waals surface area contributed by atoms with Crippen LogP contribution in [0, 0.1) is 5.82 Å². The normalized spacial score (nSPS) is 11.6. The molecule has 6 rings (SSSR count). The Bertz CT molecular complexity index is 1540. The van der Waals surface area contributed by atoms with Crippen molar-refractivity contribution < 1.29 is 4.39 Å². The molecule has 37 heavy (non-hydrogen) atoms. The standard InChI is InChI=1S/C34H28FNP/c1-36-32-20-12-11-19-31(32)34(26-21-23-27(35)24-22-26)33(36)25-37(28-13-5-2-6-14-28,29-15-7-3-8-16-29)30-17-9-4-10-18-30/h2-24H,25H2,1H3/q+1. The summed E-state index contributed by atoms with van der Waals surface area (Å²) in [6.07, 6.45) is 0.850. The van der Waals surface area contributed by atoms with Gasteiger partial charge < -0.3 is 4.57 Å². The van der Waals surface area contributed by atoms with E-state index in [9.17, 15) is 4.39 Å². The number of benzene rings is 5. The van der Waals surface area contributed by atoms with E-state index in [1.807, 2.05) is 12.1 Å². The molecular formula is C34H28FNP+. The third-order valence-electron chi connectivity index (χ3n) is 7.34. The van der Waals surface area contributed by atoms with Gasteiger partial charge in [-0.3, -0.25) is 0 Å². The number of rotatable bonds is 6. The van der Waals surface area contributed by atoms with Crippen molar-refractivity contribution in [1.82, 2.24) is 4.57 Å². The van der Waals surface area contributed by atoms with Crippen LogP contribution in [0.1, 0.15) is 5.69 Å². The molecule has 180 valence electrons. The number of hydrogen-bond donors (Lipinski definition) is 0. The maximum Gasteiger partial charge on any atom is 0.123 e. The summed E-state index contributed by atoms with van der Waals surface area (Å²) in [4.78, 5) is 0. The van der Waals surface area contributed by atoms with Crippen LogP contribution in [-0.4, -0.2) is 4.57 Å². The van der Waals surface area contributed by atoms with Gasteiger partial charge in [0, 0.05) is 23.5 Å². The van der Waals surface area contributed by atoms with Crippen LogP contribution in [-0.2, 0) is 13.2 Å². The maximum absolute atomic E-state index is 14.0. The first-order chi connectivity index (χ1) is 18.2. The topological polar surface area (TPSA) is 4.93 Å². The van der Waals surface area contributed by atoms with Crippen LogP contribution in [0.25, 0.3) is 22.0 Å². The second-order valence-electron chi connectivity index (χ2n) is 9.38. The van der Waals surface area contributed by atoms with Crippen molar-refractivity contribution in [2.45, 2.75) is 6.16 Å². The number of fused-ring (bicyclic) bond motifs is 1. The Morgan fingerprint density at radius 2 is 1.03 bits per heavy atom. The number of aromatic nitrogens is 1. The molecule has 0 saturated heterocycles. The summed E-state index contributed by atoms with van der Waals surface area (Å²) in [5.41, 5.74) is 4.67. The van der Waals surface area contributed by atoms with Gasteiger partial charge in [-0.2, -0.15) is 0 Å². The van der Waals surface area contributed by atoms with E-state index in [4.69, 9.17) is 0 Å². The Balaban J connectivity index is 1.69. The summed E-state index contributed by atoms with van der Waals surface area (Å²) in [6.45, 7) is 0. The molecule has 5 aromatic carbocycles. The second-order valence-corrected chi connectivity index (χ2v) is 12.9. The van der Waals surface area contributed by atoms with E-state index in [0.717, 1.165) is 11.7 Å². The van der Waals surface area contributed by atoms with E-state index in [2.05, 4.69) is 127 Å². The minimum Gasteiger partial charge on any atom is -0.344 e. The largest absolute Gasteiger partial charge is 0.344 e. The lowest BCUT2D eigenvalue weighted by molar-refractivity contribution is 0.628. The minimum atomic E-state index is -2.11. The van der Waals surface area contributed by atoms with Crippen LogP contribution in [0.4, 0.5) is 4.39 Å². The summed E-state index contributed by atoms with van der Waals surface area (Å²) < 4.78 is 16.3. The first-order valence-corrected chi connectivity index (χ1v) is 14.5. The minimum absolute atomic E-state index is 0.217. The Hall–Kier alpha value is -4.00. The summed E-state index contributed by atoms with van der Waals surface area (Å²) in [5.74, 6) is -0.217. The molecule has 0 aliphatic carbocycles. The molecule has 1 heterocycles. The molecule has 1 nitrogen and oxygen atoms in total. The predicted octanol–water partition coefficient (Wildman–Crippen LogP) is 7.48. The van der Waals surface area contributed by atoms with Crippen molar-refractivity contribution in [2.75, 3.05) is 0 Å². The lowest BCUT2D eigenvalue weighted by atomic mass is 10.0. The number of hydrogen-bond acceptors (Lipinski definition) is 0. The fourth-order valence-corrected chi connectivity index (χ4v) is 9.87.